The molecule has 2 rings (SSSR count). The predicted molar refractivity (Wildman–Crippen MR) is 80.6 cm³/mol. The van der Waals surface area contributed by atoms with Gasteiger partial charge in [0.2, 0.25) is 5.91 Å². The summed E-state index contributed by atoms with van der Waals surface area (Å²) in [6.45, 7) is 2.29. The number of allylic oxidation sites excluding steroid dienone is 2. The van der Waals surface area contributed by atoms with Gasteiger partial charge in [-0.25, -0.2) is 4.79 Å². The van der Waals surface area contributed by atoms with Gasteiger partial charge < -0.3 is 19.8 Å². The first-order chi connectivity index (χ1) is 10.6. The predicted octanol–water partition coefficient (Wildman–Crippen LogP) is 1.52. The highest BCUT2D eigenvalue weighted by Crippen LogP contribution is 2.19. The maximum Gasteiger partial charge on any atom is 0.339 e. The van der Waals surface area contributed by atoms with E-state index in [1.54, 1.807) is 29.2 Å². The highest BCUT2D eigenvalue weighted by Gasteiger charge is 2.13. The van der Waals surface area contributed by atoms with Crippen LogP contribution in [0.3, 0.4) is 0 Å². The molecule has 1 saturated heterocycles. The number of ether oxygens (including phenoxy) is 1. The molecule has 0 aliphatic carbocycles. The van der Waals surface area contributed by atoms with Crippen molar-refractivity contribution in [3.63, 3.8) is 0 Å². The lowest BCUT2D eigenvalue weighted by Crippen LogP contribution is -2.39. The van der Waals surface area contributed by atoms with Crippen LogP contribution in [0.1, 0.15) is 15.9 Å². The summed E-state index contributed by atoms with van der Waals surface area (Å²) in [5.74, 6) is -1.54. The van der Waals surface area contributed by atoms with Crippen molar-refractivity contribution < 1.29 is 24.5 Å². The van der Waals surface area contributed by atoms with Crippen molar-refractivity contribution in [3.05, 3.63) is 47.6 Å². The van der Waals surface area contributed by atoms with Gasteiger partial charge in [0.25, 0.3) is 0 Å². The van der Waals surface area contributed by atoms with Crippen LogP contribution in [-0.2, 0) is 9.53 Å². The van der Waals surface area contributed by atoms with E-state index in [0.29, 0.717) is 31.9 Å². The Balaban J connectivity index is 1.97. The van der Waals surface area contributed by atoms with Crippen LogP contribution in [0, 0.1) is 0 Å². The molecular formula is C16H17NO5. The zero-order valence-electron chi connectivity index (χ0n) is 11.9. The number of phenols is 1. The molecule has 1 amide bonds. The maximum absolute atomic E-state index is 11.8. The van der Waals surface area contributed by atoms with Crippen molar-refractivity contribution in [1.82, 2.24) is 4.90 Å². The molecule has 22 heavy (non-hydrogen) atoms. The van der Waals surface area contributed by atoms with Crippen LogP contribution in [0.15, 0.2) is 36.4 Å². The van der Waals surface area contributed by atoms with Gasteiger partial charge in [0.1, 0.15) is 11.3 Å². The SMILES string of the molecule is O=C(O)c1cc(/C=C/C=C/C(=O)N2CCOCC2)ccc1O. The molecule has 1 fully saturated rings. The van der Waals surface area contributed by atoms with Gasteiger partial charge in [-0.3, -0.25) is 4.79 Å². The van der Waals surface area contributed by atoms with E-state index in [-0.39, 0.29) is 17.2 Å². The highest BCUT2D eigenvalue weighted by atomic mass is 16.5. The standard InChI is InChI=1S/C16H17NO5/c18-14-6-5-12(11-13(14)16(20)21)3-1-2-4-15(19)17-7-9-22-10-8-17/h1-6,11,18H,7-10H2,(H,20,21)/b3-1+,4-2+. The molecule has 0 aromatic heterocycles. The van der Waals surface area contributed by atoms with Crippen LogP contribution in [0.2, 0.25) is 0 Å². The van der Waals surface area contributed by atoms with Gasteiger partial charge in [-0.1, -0.05) is 24.3 Å². The second kappa shape index (κ2) is 7.42. The summed E-state index contributed by atoms with van der Waals surface area (Å²) < 4.78 is 5.17. The van der Waals surface area contributed by atoms with Crippen LogP contribution in [-0.4, -0.2) is 53.3 Å². The summed E-state index contributed by atoms with van der Waals surface area (Å²) in [7, 11) is 0. The number of rotatable bonds is 4. The number of amides is 1. The second-order valence-corrected chi connectivity index (χ2v) is 4.74. The first-order valence-corrected chi connectivity index (χ1v) is 6.85. The van der Waals surface area contributed by atoms with Gasteiger partial charge in [0.15, 0.2) is 0 Å². The Morgan fingerprint density at radius 2 is 1.91 bits per heavy atom. The third kappa shape index (κ3) is 4.20. The van der Waals surface area contributed by atoms with Crippen molar-refractivity contribution in [2.45, 2.75) is 0 Å². The van der Waals surface area contributed by atoms with Crippen molar-refractivity contribution in [2.75, 3.05) is 26.3 Å². The van der Waals surface area contributed by atoms with Crippen molar-refractivity contribution in [3.8, 4) is 5.75 Å². The number of morpholine rings is 1. The summed E-state index contributed by atoms with van der Waals surface area (Å²) in [6.07, 6.45) is 6.37. The molecule has 0 unspecified atom stereocenters. The monoisotopic (exact) mass is 303 g/mol. The Morgan fingerprint density at radius 3 is 2.59 bits per heavy atom. The van der Waals surface area contributed by atoms with Gasteiger partial charge in [0.05, 0.1) is 13.2 Å². The highest BCUT2D eigenvalue weighted by molar-refractivity contribution is 5.91. The summed E-state index contributed by atoms with van der Waals surface area (Å²) in [4.78, 5) is 24.5. The zero-order valence-corrected chi connectivity index (χ0v) is 11.9. The molecule has 1 aromatic rings. The number of hydrogen-bond donors (Lipinski definition) is 2. The molecule has 1 heterocycles. The van der Waals surface area contributed by atoms with E-state index < -0.39 is 5.97 Å². The van der Waals surface area contributed by atoms with E-state index in [1.165, 1.54) is 18.2 Å². The minimum atomic E-state index is -1.19. The third-order valence-electron chi connectivity index (χ3n) is 3.21. The molecule has 6 heteroatoms. The first-order valence-electron chi connectivity index (χ1n) is 6.85. The van der Waals surface area contributed by atoms with E-state index in [9.17, 15) is 14.7 Å². The molecule has 0 saturated carbocycles. The number of hydrogen-bond acceptors (Lipinski definition) is 4. The minimum absolute atomic E-state index is 0.0788. The first kappa shape index (κ1) is 15.8. The summed E-state index contributed by atoms with van der Waals surface area (Å²) >= 11 is 0. The lowest BCUT2D eigenvalue weighted by Gasteiger charge is -2.25. The number of carbonyl (C=O) groups is 2. The topological polar surface area (TPSA) is 87.1 Å². The fourth-order valence-electron chi connectivity index (χ4n) is 2.02. The molecule has 2 N–H and O–H groups in total. The van der Waals surface area contributed by atoms with Gasteiger partial charge in [-0.05, 0) is 17.7 Å². The quantitative estimate of drug-likeness (QED) is 0.650. The van der Waals surface area contributed by atoms with Crippen LogP contribution in [0.4, 0.5) is 0 Å². The molecule has 0 bridgehead atoms. The Morgan fingerprint density at radius 1 is 1.18 bits per heavy atom. The maximum atomic E-state index is 11.8. The number of aromatic carboxylic acids is 1. The van der Waals surface area contributed by atoms with Crippen molar-refractivity contribution in [1.29, 1.82) is 0 Å². The molecule has 1 aliphatic heterocycles. The average molecular weight is 303 g/mol. The van der Waals surface area contributed by atoms with Crippen LogP contribution < -0.4 is 0 Å². The molecule has 6 nitrogen and oxygen atoms in total. The summed E-state index contributed by atoms with van der Waals surface area (Å²) in [6, 6.07) is 4.29. The summed E-state index contributed by atoms with van der Waals surface area (Å²) in [5.41, 5.74) is 0.467. The molecule has 0 radical (unpaired) electrons. The van der Waals surface area contributed by atoms with Gasteiger partial charge >= 0.3 is 5.97 Å². The van der Waals surface area contributed by atoms with E-state index >= 15 is 0 Å². The number of carbonyl (C=O) groups excluding carboxylic acids is 1. The van der Waals surface area contributed by atoms with Crippen LogP contribution in [0.5, 0.6) is 5.75 Å². The van der Waals surface area contributed by atoms with Gasteiger partial charge in [0, 0.05) is 19.2 Å². The average Bonchev–Trinajstić information content (AvgIpc) is 2.53. The van der Waals surface area contributed by atoms with E-state index in [2.05, 4.69) is 0 Å². The molecular weight excluding hydrogens is 286 g/mol. The van der Waals surface area contributed by atoms with Crippen LogP contribution >= 0.6 is 0 Å². The second-order valence-electron chi connectivity index (χ2n) is 4.74. The van der Waals surface area contributed by atoms with E-state index in [0.717, 1.165) is 0 Å². The van der Waals surface area contributed by atoms with Crippen molar-refractivity contribution >= 4 is 18.0 Å². The Hall–Kier alpha value is -2.60. The van der Waals surface area contributed by atoms with Gasteiger partial charge in [-0.2, -0.15) is 0 Å². The van der Waals surface area contributed by atoms with Crippen LogP contribution in [0.25, 0.3) is 6.08 Å². The van der Waals surface area contributed by atoms with Crippen molar-refractivity contribution in [2.24, 2.45) is 0 Å². The normalized spacial score (nSPS) is 15.5. The van der Waals surface area contributed by atoms with E-state index in [1.807, 2.05) is 0 Å². The molecule has 0 spiro atoms. The Kier molecular flexibility index (Phi) is 5.32. The number of carboxylic acid groups (broad SMARTS) is 1. The summed E-state index contributed by atoms with van der Waals surface area (Å²) in [5, 5.41) is 18.3. The Labute approximate surface area is 127 Å². The molecule has 1 aromatic carbocycles. The molecule has 0 atom stereocenters. The fourth-order valence-corrected chi connectivity index (χ4v) is 2.02. The lowest BCUT2D eigenvalue weighted by molar-refractivity contribution is -0.129. The van der Waals surface area contributed by atoms with E-state index in [4.69, 9.17) is 9.84 Å². The minimum Gasteiger partial charge on any atom is -0.507 e. The third-order valence-corrected chi connectivity index (χ3v) is 3.21. The Bertz CT molecular complexity index is 615. The number of nitrogens with zero attached hydrogens (tertiary/aromatic N) is 1. The zero-order chi connectivity index (χ0) is 15.9. The number of benzene rings is 1. The smallest absolute Gasteiger partial charge is 0.339 e. The molecule has 1 aliphatic rings. The lowest BCUT2D eigenvalue weighted by atomic mass is 10.1. The molecule has 116 valence electrons. The van der Waals surface area contributed by atoms with Gasteiger partial charge in [-0.15, -0.1) is 0 Å². The number of aromatic hydroxyl groups is 1. The largest absolute Gasteiger partial charge is 0.507 e. The fraction of sp³-hybridized carbons (Fsp3) is 0.250. The number of carboxylic acids is 1.